The van der Waals surface area contributed by atoms with Crippen molar-refractivity contribution in [3.63, 3.8) is 0 Å². The molecule has 0 amide bonds. The van der Waals surface area contributed by atoms with Gasteiger partial charge in [0, 0.05) is 28.9 Å². The van der Waals surface area contributed by atoms with E-state index in [9.17, 15) is 0 Å². The lowest BCUT2D eigenvalue weighted by Gasteiger charge is -2.10. The largest absolute Gasteiger partial charge is 0.396 e. The van der Waals surface area contributed by atoms with Gasteiger partial charge in [0.1, 0.15) is 5.82 Å². The molecule has 0 spiro atoms. The molecule has 2 aromatic carbocycles. The van der Waals surface area contributed by atoms with Crippen molar-refractivity contribution in [2.45, 2.75) is 6.42 Å². The van der Waals surface area contributed by atoms with Crippen LogP contribution in [-0.2, 0) is 6.42 Å². The fraction of sp³-hybridized carbons (Fsp3) is 0.111. The molecule has 0 unspecified atom stereocenters. The Morgan fingerprint density at radius 1 is 1.00 bits per heavy atom. The van der Waals surface area contributed by atoms with Gasteiger partial charge in [-0.25, -0.2) is 4.98 Å². The van der Waals surface area contributed by atoms with Crippen LogP contribution in [0.4, 0.5) is 17.5 Å². The van der Waals surface area contributed by atoms with E-state index in [0.717, 1.165) is 11.3 Å². The SMILES string of the molecule is Nc1nc(Nc2ccc(CCO)cc2)cc(-c2cc(Cl)ccc2Cl)n1. The lowest BCUT2D eigenvalue weighted by atomic mass is 10.1. The number of hydrogen-bond acceptors (Lipinski definition) is 5. The molecule has 0 radical (unpaired) electrons. The van der Waals surface area contributed by atoms with Crippen molar-refractivity contribution < 1.29 is 5.11 Å². The molecule has 0 atom stereocenters. The molecule has 0 aliphatic heterocycles. The predicted molar refractivity (Wildman–Crippen MR) is 102 cm³/mol. The van der Waals surface area contributed by atoms with Gasteiger partial charge in [-0.1, -0.05) is 35.3 Å². The van der Waals surface area contributed by atoms with Crippen LogP contribution in [0.15, 0.2) is 48.5 Å². The minimum atomic E-state index is 0.124. The van der Waals surface area contributed by atoms with Gasteiger partial charge >= 0.3 is 0 Å². The summed E-state index contributed by atoms with van der Waals surface area (Å²) in [6.07, 6.45) is 0.623. The fourth-order valence-corrected chi connectivity index (χ4v) is 2.78. The molecule has 3 aromatic rings. The molecule has 1 heterocycles. The molecular weight excluding hydrogens is 359 g/mol. The van der Waals surface area contributed by atoms with Crippen LogP contribution in [-0.4, -0.2) is 21.7 Å². The van der Waals surface area contributed by atoms with Gasteiger partial charge in [-0.05, 0) is 42.3 Å². The second-order valence-corrected chi connectivity index (χ2v) is 6.26. The van der Waals surface area contributed by atoms with E-state index in [1.807, 2.05) is 24.3 Å². The average Bonchev–Trinajstić information content (AvgIpc) is 2.58. The van der Waals surface area contributed by atoms with Crippen molar-refractivity contribution in [1.82, 2.24) is 9.97 Å². The van der Waals surface area contributed by atoms with E-state index in [0.29, 0.717) is 33.5 Å². The van der Waals surface area contributed by atoms with Crippen LogP contribution < -0.4 is 11.1 Å². The average molecular weight is 375 g/mol. The van der Waals surface area contributed by atoms with Crippen molar-refractivity contribution in [2.75, 3.05) is 17.7 Å². The standard InChI is InChI=1S/C18H16Cl2N4O/c19-12-3-6-15(20)14(9-12)16-10-17(24-18(21)23-16)22-13-4-1-11(2-5-13)7-8-25/h1-6,9-10,25H,7-8H2,(H3,21,22,23,24). The van der Waals surface area contributed by atoms with E-state index in [1.165, 1.54) is 0 Å². The highest BCUT2D eigenvalue weighted by Crippen LogP contribution is 2.31. The van der Waals surface area contributed by atoms with Crippen LogP contribution in [0.25, 0.3) is 11.3 Å². The second kappa shape index (κ2) is 7.70. The molecular formula is C18H16Cl2N4O. The molecule has 3 rings (SSSR count). The van der Waals surface area contributed by atoms with Crippen molar-refractivity contribution in [1.29, 1.82) is 0 Å². The zero-order chi connectivity index (χ0) is 17.8. The van der Waals surface area contributed by atoms with Crippen LogP contribution in [0.1, 0.15) is 5.56 Å². The number of benzene rings is 2. The summed E-state index contributed by atoms with van der Waals surface area (Å²) >= 11 is 12.3. The number of rotatable bonds is 5. The van der Waals surface area contributed by atoms with Gasteiger partial charge in [-0.2, -0.15) is 4.98 Å². The van der Waals surface area contributed by atoms with Crippen LogP contribution in [0.2, 0.25) is 10.0 Å². The molecule has 0 saturated heterocycles. The number of nitrogens with zero attached hydrogens (tertiary/aromatic N) is 2. The van der Waals surface area contributed by atoms with Gasteiger partial charge in [0.05, 0.1) is 10.7 Å². The molecule has 5 nitrogen and oxygen atoms in total. The van der Waals surface area contributed by atoms with Crippen molar-refractivity contribution >= 4 is 40.7 Å². The Morgan fingerprint density at radius 3 is 2.48 bits per heavy atom. The van der Waals surface area contributed by atoms with E-state index in [4.69, 9.17) is 34.0 Å². The van der Waals surface area contributed by atoms with Crippen molar-refractivity contribution in [3.05, 3.63) is 64.1 Å². The summed E-state index contributed by atoms with van der Waals surface area (Å²) < 4.78 is 0. The van der Waals surface area contributed by atoms with Gasteiger partial charge in [0.25, 0.3) is 0 Å². The quantitative estimate of drug-likeness (QED) is 0.619. The van der Waals surface area contributed by atoms with Crippen LogP contribution in [0.5, 0.6) is 0 Å². The molecule has 0 saturated carbocycles. The molecule has 1 aromatic heterocycles. The summed E-state index contributed by atoms with van der Waals surface area (Å²) in [5.74, 6) is 0.682. The maximum Gasteiger partial charge on any atom is 0.222 e. The highest BCUT2D eigenvalue weighted by Gasteiger charge is 2.10. The third kappa shape index (κ3) is 4.39. The Bertz CT molecular complexity index is 885. The Hall–Kier alpha value is -2.34. The highest BCUT2D eigenvalue weighted by atomic mass is 35.5. The Balaban J connectivity index is 1.90. The zero-order valence-corrected chi connectivity index (χ0v) is 14.7. The second-order valence-electron chi connectivity index (χ2n) is 5.42. The van der Waals surface area contributed by atoms with Crippen LogP contribution >= 0.6 is 23.2 Å². The first-order valence-electron chi connectivity index (χ1n) is 7.62. The summed E-state index contributed by atoms with van der Waals surface area (Å²) in [4.78, 5) is 8.45. The summed E-state index contributed by atoms with van der Waals surface area (Å²) in [5, 5.41) is 13.2. The Kier molecular flexibility index (Phi) is 5.38. The van der Waals surface area contributed by atoms with Gasteiger partial charge in [-0.3, -0.25) is 0 Å². The minimum absolute atomic E-state index is 0.124. The van der Waals surface area contributed by atoms with E-state index in [1.54, 1.807) is 24.3 Å². The summed E-state index contributed by atoms with van der Waals surface area (Å²) in [5.41, 5.74) is 9.01. The molecule has 128 valence electrons. The Morgan fingerprint density at radius 2 is 1.76 bits per heavy atom. The summed E-state index contributed by atoms with van der Waals surface area (Å²) in [6, 6.07) is 14.6. The van der Waals surface area contributed by atoms with Gasteiger partial charge < -0.3 is 16.2 Å². The highest BCUT2D eigenvalue weighted by molar-refractivity contribution is 6.35. The van der Waals surface area contributed by atoms with Crippen molar-refractivity contribution in [3.8, 4) is 11.3 Å². The monoisotopic (exact) mass is 374 g/mol. The molecule has 4 N–H and O–H groups in total. The number of hydrogen-bond donors (Lipinski definition) is 3. The third-order valence-electron chi connectivity index (χ3n) is 3.57. The van der Waals surface area contributed by atoms with E-state index >= 15 is 0 Å². The molecule has 0 bridgehead atoms. The number of anilines is 3. The molecule has 25 heavy (non-hydrogen) atoms. The number of nitrogen functional groups attached to an aromatic ring is 1. The lowest BCUT2D eigenvalue weighted by molar-refractivity contribution is 0.299. The topological polar surface area (TPSA) is 84.1 Å². The first-order valence-corrected chi connectivity index (χ1v) is 8.37. The predicted octanol–water partition coefficient (Wildman–Crippen LogP) is 4.31. The molecule has 7 heteroatoms. The smallest absolute Gasteiger partial charge is 0.222 e. The number of nitrogens with two attached hydrogens (primary N) is 1. The molecule has 0 aliphatic carbocycles. The zero-order valence-electron chi connectivity index (χ0n) is 13.2. The number of halogens is 2. The van der Waals surface area contributed by atoms with Gasteiger partial charge in [0.15, 0.2) is 0 Å². The van der Waals surface area contributed by atoms with Crippen molar-refractivity contribution in [2.24, 2.45) is 0 Å². The normalized spacial score (nSPS) is 10.7. The molecule has 0 fully saturated rings. The lowest BCUT2D eigenvalue weighted by Crippen LogP contribution is -2.02. The van der Waals surface area contributed by atoms with E-state index in [-0.39, 0.29) is 12.6 Å². The first-order chi connectivity index (χ1) is 12.0. The summed E-state index contributed by atoms with van der Waals surface area (Å²) in [6.45, 7) is 0.124. The van der Waals surface area contributed by atoms with E-state index in [2.05, 4.69) is 15.3 Å². The summed E-state index contributed by atoms with van der Waals surface area (Å²) in [7, 11) is 0. The van der Waals surface area contributed by atoms with E-state index < -0.39 is 0 Å². The number of aliphatic hydroxyl groups is 1. The third-order valence-corrected chi connectivity index (χ3v) is 4.14. The number of aliphatic hydroxyl groups excluding tert-OH is 1. The van der Waals surface area contributed by atoms with Crippen LogP contribution in [0, 0.1) is 0 Å². The minimum Gasteiger partial charge on any atom is -0.396 e. The van der Waals surface area contributed by atoms with Gasteiger partial charge in [0.2, 0.25) is 5.95 Å². The maximum absolute atomic E-state index is 8.97. The maximum atomic E-state index is 8.97. The fourth-order valence-electron chi connectivity index (χ4n) is 2.39. The van der Waals surface area contributed by atoms with Gasteiger partial charge in [-0.15, -0.1) is 0 Å². The number of nitrogens with one attached hydrogen (secondary N) is 1. The first kappa shape index (κ1) is 17.5. The Labute approximate surface area is 155 Å². The number of aromatic nitrogens is 2. The molecule has 0 aliphatic rings. The van der Waals surface area contributed by atoms with Crippen LogP contribution in [0.3, 0.4) is 0 Å².